The fraction of sp³-hybridized carbons (Fsp3) is 0.250. The number of fused-ring (bicyclic) bond motifs is 1. The minimum absolute atomic E-state index is 0.137. The maximum Gasteiger partial charge on any atom is 0.255 e. The van der Waals surface area contributed by atoms with Crippen LogP contribution in [0.5, 0.6) is 0 Å². The number of carbonyl (C=O) groups is 3. The van der Waals surface area contributed by atoms with Crippen LogP contribution in [0.3, 0.4) is 0 Å². The molecule has 0 saturated carbocycles. The molecule has 1 unspecified atom stereocenters. The molecule has 1 N–H and O–H groups in total. The van der Waals surface area contributed by atoms with Crippen LogP contribution < -0.4 is 5.32 Å². The van der Waals surface area contributed by atoms with Crippen molar-refractivity contribution in [3.8, 4) is 11.1 Å². The minimum atomic E-state index is -0.571. The van der Waals surface area contributed by atoms with Crippen molar-refractivity contribution >= 4 is 17.7 Å². The number of aryl methyl sites for hydroxylation is 1. The predicted octanol–water partition coefficient (Wildman–Crippen LogP) is 2.42. The number of hydrogen-bond donors (Lipinski definition) is 1. The van der Waals surface area contributed by atoms with E-state index in [-0.39, 0.29) is 24.1 Å². The van der Waals surface area contributed by atoms with Crippen LogP contribution in [0.1, 0.15) is 34.3 Å². The smallest absolute Gasteiger partial charge is 0.255 e. The lowest BCUT2D eigenvalue weighted by Gasteiger charge is -2.29. The zero-order valence-electron chi connectivity index (χ0n) is 13.9. The third-order valence-corrected chi connectivity index (χ3v) is 4.95. The highest BCUT2D eigenvalue weighted by molar-refractivity contribution is 6.06. The number of benzene rings is 2. The Hall–Kier alpha value is -2.95. The Morgan fingerprint density at radius 1 is 1.04 bits per heavy atom. The van der Waals surface area contributed by atoms with Gasteiger partial charge in [-0.25, -0.2) is 0 Å². The third kappa shape index (κ3) is 2.61. The summed E-state index contributed by atoms with van der Waals surface area (Å²) in [6.07, 6.45) is 0.653. The van der Waals surface area contributed by atoms with E-state index in [1.807, 2.05) is 49.4 Å². The Morgan fingerprint density at radius 2 is 1.80 bits per heavy atom. The SMILES string of the molecule is Cc1cc2c(cc1-c1ccccc1)C(=O)N(C1CCC(=O)NC1=O)C2. The van der Waals surface area contributed by atoms with Crippen molar-refractivity contribution in [2.24, 2.45) is 0 Å². The molecule has 0 radical (unpaired) electrons. The van der Waals surface area contributed by atoms with Crippen LogP contribution in [0.4, 0.5) is 0 Å². The van der Waals surface area contributed by atoms with E-state index in [0.29, 0.717) is 18.5 Å². The molecule has 0 aromatic heterocycles. The third-order valence-electron chi connectivity index (χ3n) is 4.95. The number of piperidine rings is 1. The van der Waals surface area contributed by atoms with Crippen molar-refractivity contribution in [2.75, 3.05) is 0 Å². The fourth-order valence-corrected chi connectivity index (χ4v) is 3.67. The molecule has 1 saturated heterocycles. The molecule has 2 heterocycles. The summed E-state index contributed by atoms with van der Waals surface area (Å²) >= 11 is 0. The molecule has 0 spiro atoms. The predicted molar refractivity (Wildman–Crippen MR) is 92.7 cm³/mol. The van der Waals surface area contributed by atoms with Gasteiger partial charge in [-0.2, -0.15) is 0 Å². The number of imide groups is 1. The molecular weight excluding hydrogens is 316 g/mol. The number of rotatable bonds is 2. The van der Waals surface area contributed by atoms with Gasteiger partial charge >= 0.3 is 0 Å². The molecule has 25 heavy (non-hydrogen) atoms. The van der Waals surface area contributed by atoms with E-state index >= 15 is 0 Å². The Kier molecular flexibility index (Phi) is 3.64. The summed E-state index contributed by atoms with van der Waals surface area (Å²) in [6, 6.07) is 13.3. The van der Waals surface area contributed by atoms with Crippen molar-refractivity contribution in [1.29, 1.82) is 0 Å². The van der Waals surface area contributed by atoms with Gasteiger partial charge < -0.3 is 4.90 Å². The van der Waals surface area contributed by atoms with E-state index in [4.69, 9.17) is 0 Å². The van der Waals surface area contributed by atoms with Crippen molar-refractivity contribution < 1.29 is 14.4 Å². The first-order chi connectivity index (χ1) is 12.0. The van der Waals surface area contributed by atoms with E-state index in [0.717, 1.165) is 22.3 Å². The lowest BCUT2D eigenvalue weighted by molar-refractivity contribution is -0.136. The molecule has 4 rings (SSSR count). The average Bonchev–Trinajstić information content (AvgIpc) is 2.91. The molecule has 2 aromatic carbocycles. The van der Waals surface area contributed by atoms with Gasteiger partial charge in [0, 0.05) is 18.5 Å². The Morgan fingerprint density at radius 3 is 2.52 bits per heavy atom. The highest BCUT2D eigenvalue weighted by Crippen LogP contribution is 2.33. The van der Waals surface area contributed by atoms with Crippen LogP contribution in [-0.2, 0) is 16.1 Å². The molecule has 2 aliphatic heterocycles. The summed E-state index contributed by atoms with van der Waals surface area (Å²) in [4.78, 5) is 37.9. The Balaban J connectivity index is 1.68. The fourth-order valence-electron chi connectivity index (χ4n) is 3.67. The topological polar surface area (TPSA) is 66.5 Å². The normalized spacial score (nSPS) is 19.8. The quantitative estimate of drug-likeness (QED) is 0.858. The second-order valence-corrected chi connectivity index (χ2v) is 6.59. The van der Waals surface area contributed by atoms with Gasteiger partial charge in [-0.05, 0) is 41.7 Å². The molecule has 2 aliphatic rings. The van der Waals surface area contributed by atoms with Gasteiger partial charge in [0.05, 0.1) is 0 Å². The van der Waals surface area contributed by atoms with E-state index < -0.39 is 6.04 Å². The second-order valence-electron chi connectivity index (χ2n) is 6.59. The number of amides is 3. The maximum absolute atomic E-state index is 12.9. The maximum atomic E-state index is 12.9. The zero-order valence-corrected chi connectivity index (χ0v) is 13.9. The zero-order chi connectivity index (χ0) is 17.6. The van der Waals surface area contributed by atoms with Gasteiger partial charge in [-0.3, -0.25) is 19.7 Å². The molecule has 5 nitrogen and oxygen atoms in total. The van der Waals surface area contributed by atoms with Crippen molar-refractivity contribution in [2.45, 2.75) is 32.4 Å². The summed E-state index contributed by atoms with van der Waals surface area (Å²) in [7, 11) is 0. The molecule has 0 aliphatic carbocycles. The molecule has 5 heteroatoms. The van der Waals surface area contributed by atoms with Gasteiger partial charge in [-0.15, -0.1) is 0 Å². The molecule has 1 fully saturated rings. The summed E-state index contributed by atoms with van der Waals surface area (Å²) in [5.74, 6) is -0.785. The van der Waals surface area contributed by atoms with Crippen LogP contribution >= 0.6 is 0 Å². The molecule has 126 valence electrons. The van der Waals surface area contributed by atoms with Crippen LogP contribution in [0, 0.1) is 6.92 Å². The first kappa shape index (κ1) is 15.6. The lowest BCUT2D eigenvalue weighted by atomic mass is 9.95. The molecule has 0 bridgehead atoms. The van der Waals surface area contributed by atoms with Crippen LogP contribution in [0.15, 0.2) is 42.5 Å². The lowest BCUT2D eigenvalue weighted by Crippen LogP contribution is -2.52. The van der Waals surface area contributed by atoms with Gasteiger partial charge in [0.15, 0.2) is 0 Å². The molecular formula is C20H18N2O3. The summed E-state index contributed by atoms with van der Waals surface area (Å²) in [5.41, 5.74) is 4.77. The number of carbonyl (C=O) groups excluding carboxylic acids is 3. The largest absolute Gasteiger partial charge is 0.322 e. The minimum Gasteiger partial charge on any atom is -0.322 e. The monoisotopic (exact) mass is 334 g/mol. The Bertz CT molecular complexity index is 889. The van der Waals surface area contributed by atoms with Crippen molar-refractivity contribution in [1.82, 2.24) is 10.2 Å². The first-order valence-electron chi connectivity index (χ1n) is 8.38. The van der Waals surface area contributed by atoms with Gasteiger partial charge in [0.1, 0.15) is 6.04 Å². The van der Waals surface area contributed by atoms with E-state index in [1.165, 1.54) is 0 Å². The average molecular weight is 334 g/mol. The molecule has 2 aromatic rings. The number of nitrogens with one attached hydrogen (secondary N) is 1. The van der Waals surface area contributed by atoms with Crippen molar-refractivity contribution in [3.63, 3.8) is 0 Å². The van der Waals surface area contributed by atoms with Gasteiger partial charge in [0.25, 0.3) is 5.91 Å². The standard InChI is InChI=1S/C20H18N2O3/c1-12-9-14-11-22(17-7-8-18(23)21-19(17)24)20(25)16(14)10-15(12)13-5-3-2-4-6-13/h2-6,9-10,17H,7-8,11H2,1H3,(H,21,23,24). The van der Waals surface area contributed by atoms with E-state index in [2.05, 4.69) is 5.32 Å². The Labute approximate surface area is 145 Å². The van der Waals surface area contributed by atoms with Crippen LogP contribution in [-0.4, -0.2) is 28.7 Å². The number of hydrogen-bond acceptors (Lipinski definition) is 3. The summed E-state index contributed by atoms with van der Waals surface area (Å²) in [5, 5.41) is 2.33. The van der Waals surface area contributed by atoms with Gasteiger partial charge in [-0.1, -0.05) is 36.4 Å². The highest BCUT2D eigenvalue weighted by atomic mass is 16.2. The van der Waals surface area contributed by atoms with Crippen molar-refractivity contribution in [3.05, 3.63) is 59.2 Å². The highest BCUT2D eigenvalue weighted by Gasteiger charge is 2.39. The summed E-state index contributed by atoms with van der Waals surface area (Å²) < 4.78 is 0. The van der Waals surface area contributed by atoms with E-state index in [9.17, 15) is 14.4 Å². The van der Waals surface area contributed by atoms with E-state index in [1.54, 1.807) is 4.90 Å². The van der Waals surface area contributed by atoms with Crippen LogP contribution in [0.25, 0.3) is 11.1 Å². The first-order valence-corrected chi connectivity index (χ1v) is 8.38. The number of nitrogens with zero attached hydrogens (tertiary/aromatic N) is 1. The van der Waals surface area contributed by atoms with Crippen LogP contribution in [0.2, 0.25) is 0 Å². The van der Waals surface area contributed by atoms with Gasteiger partial charge in [0.2, 0.25) is 11.8 Å². The molecule has 1 atom stereocenters. The molecule has 3 amide bonds. The summed E-state index contributed by atoms with van der Waals surface area (Å²) in [6.45, 7) is 2.44. The second kappa shape index (κ2) is 5.84.